The third-order valence-corrected chi connectivity index (χ3v) is 4.71. The first kappa shape index (κ1) is 20.7. The Morgan fingerprint density at radius 2 is 2.17 bits per heavy atom. The molecule has 2 N–H and O–H groups in total. The third-order valence-electron chi connectivity index (χ3n) is 3.77. The molecule has 2 rings (SSSR count). The summed E-state index contributed by atoms with van der Waals surface area (Å²) >= 11 is 1.81. The fraction of sp³-hybridized carbons (Fsp3) is 0.688. The number of morpholine rings is 1. The highest BCUT2D eigenvalue weighted by atomic mass is 127. The highest BCUT2D eigenvalue weighted by Crippen LogP contribution is 2.08. The Morgan fingerprint density at radius 3 is 2.83 bits per heavy atom. The smallest absolute Gasteiger partial charge is 0.191 e. The predicted molar refractivity (Wildman–Crippen MR) is 109 cm³/mol. The van der Waals surface area contributed by atoms with Crippen molar-refractivity contribution in [3.05, 3.63) is 22.4 Å². The maximum absolute atomic E-state index is 5.40. The molecule has 0 spiro atoms. The van der Waals surface area contributed by atoms with E-state index in [1.807, 2.05) is 0 Å². The molecule has 1 aliphatic heterocycles. The summed E-state index contributed by atoms with van der Waals surface area (Å²) < 4.78 is 5.40. The van der Waals surface area contributed by atoms with E-state index in [1.165, 1.54) is 4.88 Å². The molecule has 0 aromatic carbocycles. The van der Waals surface area contributed by atoms with Gasteiger partial charge in [0.2, 0.25) is 0 Å². The molecule has 5 nitrogen and oxygen atoms in total. The van der Waals surface area contributed by atoms with E-state index in [2.05, 4.69) is 46.9 Å². The lowest BCUT2D eigenvalue weighted by atomic mass is 10.2. The molecular formula is C16H29IN4OS. The molecule has 0 saturated carbocycles. The molecular weight excluding hydrogens is 423 g/mol. The first-order valence-corrected chi connectivity index (χ1v) is 9.04. The minimum absolute atomic E-state index is 0. The lowest BCUT2D eigenvalue weighted by Crippen LogP contribution is -2.44. The summed E-state index contributed by atoms with van der Waals surface area (Å²) in [6, 6.07) is 4.73. The van der Waals surface area contributed by atoms with E-state index in [4.69, 9.17) is 9.73 Å². The standard InChI is InChI=1S/C16H28N4OS.HI/c1-3-17-16(18-7-6-15-5-4-12-22-15)19-13-14(2)20-8-10-21-11-9-20;/h4-5,12,14H,3,6-11,13H2,1-2H3,(H2,17,18,19);1H. The number of nitrogens with one attached hydrogen (secondary N) is 2. The monoisotopic (exact) mass is 452 g/mol. The van der Waals surface area contributed by atoms with Crippen molar-refractivity contribution < 1.29 is 4.74 Å². The summed E-state index contributed by atoms with van der Waals surface area (Å²) in [7, 11) is 0. The molecule has 0 aliphatic carbocycles. The average molecular weight is 452 g/mol. The van der Waals surface area contributed by atoms with E-state index in [1.54, 1.807) is 11.3 Å². The van der Waals surface area contributed by atoms with Crippen molar-refractivity contribution in [1.29, 1.82) is 0 Å². The van der Waals surface area contributed by atoms with Crippen LogP contribution < -0.4 is 10.6 Å². The van der Waals surface area contributed by atoms with Crippen molar-refractivity contribution in [3.63, 3.8) is 0 Å². The molecule has 7 heteroatoms. The maximum atomic E-state index is 5.40. The highest BCUT2D eigenvalue weighted by Gasteiger charge is 2.16. The molecule has 1 saturated heterocycles. The second-order valence-electron chi connectivity index (χ2n) is 5.47. The van der Waals surface area contributed by atoms with Crippen molar-refractivity contribution in [2.75, 3.05) is 45.9 Å². The van der Waals surface area contributed by atoms with Crippen molar-refractivity contribution in [1.82, 2.24) is 15.5 Å². The van der Waals surface area contributed by atoms with Crippen LogP contribution in [0.1, 0.15) is 18.7 Å². The Kier molecular flexibility index (Phi) is 10.8. The van der Waals surface area contributed by atoms with Crippen LogP contribution >= 0.6 is 35.3 Å². The number of hydrogen-bond donors (Lipinski definition) is 2. The molecule has 1 unspecified atom stereocenters. The second kappa shape index (κ2) is 12.0. The topological polar surface area (TPSA) is 48.9 Å². The van der Waals surface area contributed by atoms with Gasteiger partial charge in [-0.2, -0.15) is 0 Å². The number of nitrogens with zero attached hydrogens (tertiary/aromatic N) is 2. The summed E-state index contributed by atoms with van der Waals surface area (Å²) in [5.74, 6) is 0.916. The van der Waals surface area contributed by atoms with Gasteiger partial charge in [0.1, 0.15) is 0 Å². The number of hydrogen-bond acceptors (Lipinski definition) is 4. The number of aliphatic imine (C=N–C) groups is 1. The quantitative estimate of drug-likeness (QED) is 0.379. The first-order valence-electron chi connectivity index (χ1n) is 8.16. The Bertz CT molecular complexity index is 435. The van der Waals surface area contributed by atoms with Crippen LogP contribution in [0, 0.1) is 0 Å². The van der Waals surface area contributed by atoms with Gasteiger partial charge in [-0.1, -0.05) is 6.07 Å². The summed E-state index contributed by atoms with van der Waals surface area (Å²) in [5, 5.41) is 8.86. The summed E-state index contributed by atoms with van der Waals surface area (Å²) in [6.45, 7) is 10.7. The fourth-order valence-corrected chi connectivity index (χ4v) is 3.17. The van der Waals surface area contributed by atoms with Gasteiger partial charge in [0, 0.05) is 37.1 Å². The highest BCUT2D eigenvalue weighted by molar-refractivity contribution is 14.0. The average Bonchev–Trinajstić information content (AvgIpc) is 3.06. The summed E-state index contributed by atoms with van der Waals surface area (Å²) in [4.78, 5) is 8.58. The number of rotatable bonds is 7. The number of halogens is 1. The molecule has 1 aromatic heterocycles. The van der Waals surface area contributed by atoms with Gasteiger partial charge in [-0.15, -0.1) is 35.3 Å². The number of ether oxygens (including phenoxy) is 1. The van der Waals surface area contributed by atoms with Gasteiger partial charge in [-0.25, -0.2) is 0 Å². The molecule has 0 radical (unpaired) electrons. The second-order valence-corrected chi connectivity index (χ2v) is 6.51. The number of guanidine groups is 1. The van der Waals surface area contributed by atoms with E-state index >= 15 is 0 Å². The van der Waals surface area contributed by atoms with Crippen molar-refractivity contribution in [3.8, 4) is 0 Å². The Balaban J connectivity index is 0.00000264. The van der Waals surface area contributed by atoms with E-state index in [9.17, 15) is 0 Å². The minimum Gasteiger partial charge on any atom is -0.379 e. The Morgan fingerprint density at radius 1 is 1.39 bits per heavy atom. The zero-order chi connectivity index (χ0) is 15.6. The van der Waals surface area contributed by atoms with Crippen LogP contribution in [0.2, 0.25) is 0 Å². The van der Waals surface area contributed by atoms with Crippen molar-refractivity contribution in [2.45, 2.75) is 26.3 Å². The van der Waals surface area contributed by atoms with Gasteiger partial charge in [0.15, 0.2) is 5.96 Å². The maximum Gasteiger partial charge on any atom is 0.191 e. The van der Waals surface area contributed by atoms with Gasteiger partial charge in [0.05, 0.1) is 19.8 Å². The minimum atomic E-state index is 0. The molecule has 1 aliphatic rings. The van der Waals surface area contributed by atoms with Crippen LogP contribution in [0.25, 0.3) is 0 Å². The molecule has 2 heterocycles. The van der Waals surface area contributed by atoms with Crippen LogP contribution in [-0.2, 0) is 11.2 Å². The predicted octanol–water partition coefficient (Wildman–Crippen LogP) is 2.18. The van der Waals surface area contributed by atoms with Crippen LogP contribution in [0.4, 0.5) is 0 Å². The van der Waals surface area contributed by atoms with Gasteiger partial charge in [-0.3, -0.25) is 9.89 Å². The lowest BCUT2D eigenvalue weighted by molar-refractivity contribution is 0.0220. The van der Waals surface area contributed by atoms with Crippen LogP contribution in [0.5, 0.6) is 0 Å². The van der Waals surface area contributed by atoms with Crippen molar-refractivity contribution >= 4 is 41.3 Å². The molecule has 0 amide bonds. The van der Waals surface area contributed by atoms with Gasteiger partial charge >= 0.3 is 0 Å². The number of thiophene rings is 1. The largest absolute Gasteiger partial charge is 0.379 e. The van der Waals surface area contributed by atoms with Crippen LogP contribution in [-0.4, -0.2) is 62.8 Å². The fourth-order valence-electron chi connectivity index (χ4n) is 2.46. The van der Waals surface area contributed by atoms with Gasteiger partial charge < -0.3 is 15.4 Å². The molecule has 23 heavy (non-hydrogen) atoms. The Hall–Kier alpha value is -0.380. The zero-order valence-corrected chi connectivity index (χ0v) is 17.2. The molecule has 1 fully saturated rings. The van der Waals surface area contributed by atoms with E-state index in [0.29, 0.717) is 6.04 Å². The Labute approximate surface area is 160 Å². The van der Waals surface area contributed by atoms with Crippen LogP contribution in [0.3, 0.4) is 0 Å². The third kappa shape index (κ3) is 7.82. The molecule has 132 valence electrons. The normalized spacial score (nSPS) is 17.4. The van der Waals surface area contributed by atoms with E-state index < -0.39 is 0 Å². The SMILES string of the molecule is CCNC(=NCC(C)N1CCOCC1)NCCc1cccs1.I. The first-order chi connectivity index (χ1) is 10.8. The van der Waals surface area contributed by atoms with Crippen molar-refractivity contribution in [2.24, 2.45) is 4.99 Å². The van der Waals surface area contributed by atoms with E-state index in [0.717, 1.165) is 58.3 Å². The van der Waals surface area contributed by atoms with Crippen LogP contribution in [0.15, 0.2) is 22.5 Å². The molecule has 0 bridgehead atoms. The zero-order valence-electron chi connectivity index (χ0n) is 14.1. The van der Waals surface area contributed by atoms with E-state index in [-0.39, 0.29) is 24.0 Å². The molecule has 1 atom stereocenters. The van der Waals surface area contributed by atoms with Gasteiger partial charge in [-0.05, 0) is 31.7 Å². The summed E-state index contributed by atoms with van der Waals surface area (Å²) in [6.07, 6.45) is 1.04. The lowest BCUT2D eigenvalue weighted by Gasteiger charge is -2.31. The summed E-state index contributed by atoms with van der Waals surface area (Å²) in [5.41, 5.74) is 0. The molecule has 1 aromatic rings. The van der Waals surface area contributed by atoms with Gasteiger partial charge in [0.25, 0.3) is 0 Å².